The Labute approximate surface area is 149 Å². The van der Waals surface area contributed by atoms with E-state index in [1.54, 1.807) is 0 Å². The van der Waals surface area contributed by atoms with Crippen LogP contribution in [0.5, 0.6) is 0 Å². The van der Waals surface area contributed by atoms with Gasteiger partial charge in [-0.1, -0.05) is 19.9 Å². The summed E-state index contributed by atoms with van der Waals surface area (Å²) >= 11 is 6.20. The van der Waals surface area contributed by atoms with E-state index in [1.807, 2.05) is 26.8 Å². The van der Waals surface area contributed by atoms with E-state index in [4.69, 9.17) is 21.1 Å². The summed E-state index contributed by atoms with van der Waals surface area (Å²) in [6.45, 7) is 12.1. The number of hydrogen-bond acceptors (Lipinski definition) is 5. The lowest BCUT2D eigenvalue weighted by Crippen LogP contribution is -2.43. The second kappa shape index (κ2) is 6.98. The number of morpholine rings is 1. The quantitative estimate of drug-likeness (QED) is 0.611. The molecule has 0 saturated carbocycles. The number of fused-ring (bicyclic) bond motifs is 3. The van der Waals surface area contributed by atoms with E-state index in [0.29, 0.717) is 25.2 Å². The molecule has 5 nitrogen and oxygen atoms in total. The molecule has 0 spiro atoms. The van der Waals surface area contributed by atoms with E-state index in [1.165, 1.54) is 0 Å². The van der Waals surface area contributed by atoms with Crippen LogP contribution in [0.4, 0.5) is 5.82 Å². The van der Waals surface area contributed by atoms with Crippen LogP contribution in [0.3, 0.4) is 0 Å². The van der Waals surface area contributed by atoms with Gasteiger partial charge in [-0.15, -0.1) is 6.58 Å². The number of halogens is 1. The minimum Gasteiger partial charge on any atom is -0.371 e. The molecule has 132 valence electrons. The van der Waals surface area contributed by atoms with Gasteiger partial charge in [0.1, 0.15) is 11.4 Å². The highest BCUT2D eigenvalue weighted by atomic mass is 35.5. The molecule has 2 saturated heterocycles. The van der Waals surface area contributed by atoms with E-state index in [2.05, 4.69) is 21.4 Å². The van der Waals surface area contributed by atoms with Crippen molar-refractivity contribution in [1.82, 2.24) is 9.97 Å². The van der Waals surface area contributed by atoms with E-state index in [0.717, 1.165) is 43.0 Å². The van der Waals surface area contributed by atoms with Crippen LogP contribution >= 0.6 is 11.6 Å². The van der Waals surface area contributed by atoms with Gasteiger partial charge in [-0.2, -0.15) is 0 Å². The Morgan fingerprint density at radius 2 is 1.96 bits per heavy atom. The highest BCUT2D eigenvalue weighted by Crippen LogP contribution is 2.42. The van der Waals surface area contributed by atoms with E-state index in [9.17, 15) is 0 Å². The maximum Gasteiger partial charge on any atom is 0.224 e. The predicted octanol–water partition coefficient (Wildman–Crippen LogP) is 3.85. The molecule has 6 heteroatoms. The molecule has 3 atom stereocenters. The molecule has 4 rings (SSSR count). The largest absolute Gasteiger partial charge is 0.371 e. The van der Waals surface area contributed by atoms with Crippen LogP contribution in [-0.2, 0) is 21.7 Å². The summed E-state index contributed by atoms with van der Waals surface area (Å²) in [5.74, 6) is 0.919. The Hall–Kier alpha value is -1.17. The Morgan fingerprint density at radius 1 is 1.29 bits per heavy atom. The van der Waals surface area contributed by atoms with Gasteiger partial charge in [0.2, 0.25) is 5.28 Å². The van der Waals surface area contributed by atoms with Crippen molar-refractivity contribution in [3.05, 3.63) is 29.2 Å². The van der Waals surface area contributed by atoms with Crippen LogP contribution < -0.4 is 4.90 Å². The molecule has 0 N–H and O–H groups in total. The number of rotatable bonds is 3. The topological polar surface area (TPSA) is 47.5 Å². The van der Waals surface area contributed by atoms with E-state index < -0.39 is 5.60 Å². The average molecular weight is 352 g/mol. The maximum absolute atomic E-state index is 6.20. The molecule has 24 heavy (non-hydrogen) atoms. The van der Waals surface area contributed by atoms with Crippen molar-refractivity contribution in [3.63, 3.8) is 0 Å². The average Bonchev–Trinajstić information content (AvgIpc) is 3.09. The molecular weight excluding hydrogens is 326 g/mol. The number of hydrogen-bond donors (Lipinski definition) is 0. The Kier molecular flexibility index (Phi) is 5.13. The smallest absolute Gasteiger partial charge is 0.224 e. The summed E-state index contributed by atoms with van der Waals surface area (Å²) < 4.78 is 11.9. The van der Waals surface area contributed by atoms with Gasteiger partial charge >= 0.3 is 0 Å². The molecule has 4 heterocycles. The van der Waals surface area contributed by atoms with Crippen molar-refractivity contribution >= 4 is 17.4 Å². The fraction of sp³-hybridized carbons (Fsp3) is 0.667. The van der Waals surface area contributed by atoms with Crippen LogP contribution in [0.1, 0.15) is 51.3 Å². The summed E-state index contributed by atoms with van der Waals surface area (Å²) in [6.07, 6.45) is 5.45. The van der Waals surface area contributed by atoms with Gasteiger partial charge in [-0.05, 0) is 37.8 Å². The van der Waals surface area contributed by atoms with Gasteiger partial charge in [-0.25, -0.2) is 9.97 Å². The number of aromatic nitrogens is 2. The van der Waals surface area contributed by atoms with Crippen molar-refractivity contribution in [2.75, 3.05) is 18.0 Å². The summed E-state index contributed by atoms with van der Waals surface area (Å²) in [6, 6.07) is 0. The summed E-state index contributed by atoms with van der Waals surface area (Å²) in [5.41, 5.74) is 1.51. The normalized spacial score (nSPS) is 30.6. The molecule has 1 aromatic heterocycles. The van der Waals surface area contributed by atoms with Crippen LogP contribution in [0.25, 0.3) is 0 Å². The molecular formula is C18H26ClN3O2. The minimum absolute atomic E-state index is 0.286. The predicted molar refractivity (Wildman–Crippen MR) is 95.5 cm³/mol. The molecule has 0 amide bonds. The number of nitrogens with zero attached hydrogens (tertiary/aromatic N) is 3. The molecule has 1 aromatic rings. The zero-order chi connectivity index (χ0) is 17.3. The van der Waals surface area contributed by atoms with E-state index >= 15 is 0 Å². The molecule has 3 unspecified atom stereocenters. The lowest BCUT2D eigenvalue weighted by atomic mass is 9.96. The molecule has 0 aromatic carbocycles. The highest BCUT2D eigenvalue weighted by Gasteiger charge is 2.41. The maximum atomic E-state index is 6.20. The fourth-order valence-corrected chi connectivity index (χ4v) is 3.96. The van der Waals surface area contributed by atoms with Crippen LogP contribution in [-0.4, -0.2) is 35.3 Å². The van der Waals surface area contributed by atoms with Crippen molar-refractivity contribution in [1.29, 1.82) is 0 Å². The molecule has 3 aliphatic rings. The van der Waals surface area contributed by atoms with Crippen LogP contribution in [0, 0.1) is 0 Å². The summed E-state index contributed by atoms with van der Waals surface area (Å²) in [5, 5.41) is 0.286. The van der Waals surface area contributed by atoms with Gasteiger partial charge < -0.3 is 14.4 Å². The zero-order valence-electron chi connectivity index (χ0n) is 14.7. The molecule has 2 bridgehead atoms. The first-order chi connectivity index (χ1) is 11.6. The monoisotopic (exact) mass is 351 g/mol. The number of anilines is 1. The third-order valence-electron chi connectivity index (χ3n) is 4.87. The molecule has 3 aliphatic heterocycles. The van der Waals surface area contributed by atoms with Gasteiger partial charge in [0, 0.05) is 18.7 Å². The lowest BCUT2D eigenvalue weighted by molar-refractivity contribution is -0.0229. The Morgan fingerprint density at radius 3 is 2.58 bits per heavy atom. The van der Waals surface area contributed by atoms with Gasteiger partial charge in [0.25, 0.3) is 0 Å². The lowest BCUT2D eigenvalue weighted by Gasteiger charge is -2.34. The summed E-state index contributed by atoms with van der Waals surface area (Å²) in [7, 11) is 0. The van der Waals surface area contributed by atoms with Crippen molar-refractivity contribution in [2.45, 2.75) is 64.4 Å². The van der Waals surface area contributed by atoms with Crippen molar-refractivity contribution in [2.24, 2.45) is 0 Å². The van der Waals surface area contributed by atoms with Crippen molar-refractivity contribution in [3.8, 4) is 0 Å². The van der Waals surface area contributed by atoms with E-state index in [-0.39, 0.29) is 5.28 Å². The first kappa shape index (κ1) is 17.6. The van der Waals surface area contributed by atoms with Gasteiger partial charge in [0.05, 0.1) is 24.5 Å². The second-order valence-electron chi connectivity index (χ2n) is 6.52. The van der Waals surface area contributed by atoms with Crippen molar-refractivity contribution < 1.29 is 9.47 Å². The first-order valence-electron chi connectivity index (χ1n) is 8.81. The second-order valence-corrected chi connectivity index (χ2v) is 6.86. The highest BCUT2D eigenvalue weighted by molar-refractivity contribution is 6.28. The Bertz CT molecular complexity index is 613. The third kappa shape index (κ3) is 3.05. The van der Waals surface area contributed by atoms with Crippen LogP contribution in [0.2, 0.25) is 5.28 Å². The molecule has 2 fully saturated rings. The minimum atomic E-state index is -0.455. The third-order valence-corrected chi connectivity index (χ3v) is 5.04. The van der Waals surface area contributed by atoms with Gasteiger partial charge in [-0.3, -0.25) is 0 Å². The zero-order valence-corrected chi connectivity index (χ0v) is 15.5. The molecule has 0 aliphatic carbocycles. The van der Waals surface area contributed by atoms with Gasteiger partial charge in [0.15, 0.2) is 0 Å². The Balaban J connectivity index is 0.000000815. The van der Waals surface area contributed by atoms with Crippen LogP contribution in [0.15, 0.2) is 12.7 Å². The fourth-order valence-electron chi connectivity index (χ4n) is 3.80. The standard InChI is InChI=1S/C16H20ClN3O2.C2H6/c1-3-6-16(2)13-12(9-21-16)14(19-15(17)18-13)20-7-10-4-5-11(8-20)22-10;1-2/h3,10-11H,1,4-9H2,2H3;1-2H3. The first-order valence-corrected chi connectivity index (χ1v) is 9.19. The molecule has 0 radical (unpaired) electrons. The SMILES string of the molecule is C=CCC1(C)OCc2c(N3CC4CCC(C3)O4)nc(Cl)nc21.CC. The number of ether oxygens (including phenoxy) is 2. The summed E-state index contributed by atoms with van der Waals surface area (Å²) in [4.78, 5) is 11.3.